The van der Waals surface area contributed by atoms with Gasteiger partial charge in [0.25, 0.3) is 5.91 Å². The van der Waals surface area contributed by atoms with Gasteiger partial charge in [0.2, 0.25) is 0 Å². The molecule has 0 aliphatic carbocycles. The number of halogens is 1. The number of amides is 1. The van der Waals surface area contributed by atoms with Crippen molar-refractivity contribution in [3.8, 4) is 0 Å². The van der Waals surface area contributed by atoms with E-state index in [-0.39, 0.29) is 5.91 Å². The molecule has 82 valence electrons. The minimum Gasteiger partial charge on any atom is -0.352 e. The van der Waals surface area contributed by atoms with E-state index in [1.165, 1.54) is 0 Å². The van der Waals surface area contributed by atoms with Crippen molar-refractivity contribution >= 4 is 28.5 Å². The van der Waals surface area contributed by atoms with Crippen LogP contribution in [0.1, 0.15) is 35.7 Å². The highest BCUT2D eigenvalue weighted by molar-refractivity contribution is 14.1. The predicted molar refractivity (Wildman–Crippen MR) is 71.1 cm³/mol. The van der Waals surface area contributed by atoms with Crippen LogP contribution in [0.4, 0.5) is 0 Å². The van der Waals surface area contributed by atoms with Crippen molar-refractivity contribution in [3.63, 3.8) is 0 Å². The average Bonchev–Trinajstić information content (AvgIpc) is 2.22. The second-order valence-electron chi connectivity index (χ2n) is 3.55. The van der Waals surface area contributed by atoms with Gasteiger partial charge in [-0.2, -0.15) is 0 Å². The van der Waals surface area contributed by atoms with Crippen molar-refractivity contribution in [3.05, 3.63) is 32.9 Å². The minimum atomic E-state index is 0.0385. The topological polar surface area (TPSA) is 29.1 Å². The van der Waals surface area contributed by atoms with E-state index in [4.69, 9.17) is 0 Å². The molecular formula is C12H16INO. The molecule has 15 heavy (non-hydrogen) atoms. The lowest BCUT2D eigenvalue weighted by Crippen LogP contribution is -2.25. The van der Waals surface area contributed by atoms with Gasteiger partial charge in [0.1, 0.15) is 0 Å². The van der Waals surface area contributed by atoms with E-state index in [0.717, 1.165) is 34.1 Å². The Balaban J connectivity index is 2.69. The predicted octanol–water partition coefficient (Wildman–Crippen LogP) is 3.13. The summed E-state index contributed by atoms with van der Waals surface area (Å²) in [6, 6.07) is 5.81. The molecule has 0 aliphatic rings. The Bertz CT molecular complexity index is 349. The lowest BCUT2D eigenvalue weighted by molar-refractivity contribution is 0.0952. The fraction of sp³-hybridized carbons (Fsp3) is 0.417. The lowest BCUT2D eigenvalue weighted by Gasteiger charge is -2.07. The van der Waals surface area contributed by atoms with E-state index in [2.05, 4.69) is 34.8 Å². The smallest absolute Gasteiger partial charge is 0.252 e. The van der Waals surface area contributed by atoms with Gasteiger partial charge < -0.3 is 5.32 Å². The lowest BCUT2D eigenvalue weighted by atomic mass is 10.1. The summed E-state index contributed by atoms with van der Waals surface area (Å²) in [6.45, 7) is 4.90. The monoisotopic (exact) mass is 317 g/mol. The highest BCUT2D eigenvalue weighted by atomic mass is 127. The Kier molecular flexibility index (Phi) is 5.08. The first kappa shape index (κ1) is 12.5. The van der Waals surface area contributed by atoms with Gasteiger partial charge in [-0.1, -0.05) is 25.5 Å². The van der Waals surface area contributed by atoms with E-state index >= 15 is 0 Å². The van der Waals surface area contributed by atoms with Crippen LogP contribution < -0.4 is 5.32 Å². The minimum absolute atomic E-state index is 0.0385. The number of aryl methyl sites for hydroxylation is 1. The summed E-state index contributed by atoms with van der Waals surface area (Å²) in [4.78, 5) is 11.8. The van der Waals surface area contributed by atoms with E-state index in [1.807, 2.05) is 25.1 Å². The Labute approximate surface area is 105 Å². The van der Waals surface area contributed by atoms with Crippen molar-refractivity contribution in [2.45, 2.75) is 26.7 Å². The van der Waals surface area contributed by atoms with Crippen LogP contribution in [0.5, 0.6) is 0 Å². The number of nitrogens with one attached hydrogen (secondary N) is 1. The third-order valence-electron chi connectivity index (χ3n) is 2.25. The first-order valence-electron chi connectivity index (χ1n) is 5.20. The molecule has 0 atom stereocenters. The van der Waals surface area contributed by atoms with E-state index in [1.54, 1.807) is 0 Å². The molecule has 0 saturated carbocycles. The highest BCUT2D eigenvalue weighted by Crippen LogP contribution is 2.16. The number of carbonyl (C=O) groups is 1. The third kappa shape index (κ3) is 3.48. The first-order chi connectivity index (χ1) is 7.16. The Morgan fingerprint density at radius 1 is 1.47 bits per heavy atom. The maximum atomic E-state index is 11.8. The van der Waals surface area contributed by atoms with Gasteiger partial charge in [-0.25, -0.2) is 0 Å². The molecule has 1 N–H and O–H groups in total. The Morgan fingerprint density at radius 3 is 2.87 bits per heavy atom. The highest BCUT2D eigenvalue weighted by Gasteiger charge is 2.09. The summed E-state index contributed by atoms with van der Waals surface area (Å²) in [5.41, 5.74) is 1.94. The van der Waals surface area contributed by atoms with Crippen LogP contribution in [0.25, 0.3) is 0 Å². The fourth-order valence-corrected chi connectivity index (χ4v) is 1.90. The molecule has 0 heterocycles. The molecule has 1 aromatic rings. The fourth-order valence-electron chi connectivity index (χ4n) is 1.30. The average molecular weight is 317 g/mol. The van der Waals surface area contributed by atoms with E-state index in [9.17, 15) is 4.79 Å². The second kappa shape index (κ2) is 6.10. The number of unbranched alkanes of at least 4 members (excludes halogenated alkanes) is 1. The summed E-state index contributed by atoms with van der Waals surface area (Å²) in [5, 5.41) is 2.92. The molecule has 0 radical (unpaired) electrons. The van der Waals surface area contributed by atoms with Gasteiger partial charge in [-0.15, -0.1) is 0 Å². The molecule has 0 aliphatic heterocycles. The standard InChI is InChI=1S/C12H16INO/c1-3-4-8-14-12(15)10-7-5-6-9(2)11(10)13/h5-7H,3-4,8H2,1-2H3,(H,14,15). The Morgan fingerprint density at radius 2 is 2.20 bits per heavy atom. The van der Waals surface area contributed by atoms with Gasteiger partial charge in [-0.3, -0.25) is 4.79 Å². The molecule has 3 heteroatoms. The number of carbonyl (C=O) groups excluding carboxylic acids is 1. The van der Waals surface area contributed by atoms with Gasteiger partial charge in [0.05, 0.1) is 5.56 Å². The van der Waals surface area contributed by atoms with Crippen LogP contribution in [-0.2, 0) is 0 Å². The molecular weight excluding hydrogens is 301 g/mol. The van der Waals surface area contributed by atoms with Gasteiger partial charge >= 0.3 is 0 Å². The van der Waals surface area contributed by atoms with Gasteiger partial charge in [0.15, 0.2) is 0 Å². The molecule has 0 aromatic heterocycles. The summed E-state index contributed by atoms with van der Waals surface area (Å²) in [7, 11) is 0. The molecule has 0 spiro atoms. The third-order valence-corrected chi connectivity index (χ3v) is 3.68. The van der Waals surface area contributed by atoms with Gasteiger partial charge in [-0.05, 0) is 47.6 Å². The number of benzene rings is 1. The van der Waals surface area contributed by atoms with Crippen molar-refractivity contribution in [1.82, 2.24) is 5.32 Å². The molecule has 0 saturated heterocycles. The zero-order valence-electron chi connectivity index (χ0n) is 9.14. The van der Waals surface area contributed by atoms with Crippen LogP contribution >= 0.6 is 22.6 Å². The maximum Gasteiger partial charge on any atom is 0.252 e. The normalized spacial score (nSPS) is 10.1. The molecule has 1 rings (SSSR count). The van der Waals surface area contributed by atoms with Crippen LogP contribution in [0.15, 0.2) is 18.2 Å². The van der Waals surface area contributed by atoms with Crippen molar-refractivity contribution in [1.29, 1.82) is 0 Å². The quantitative estimate of drug-likeness (QED) is 0.671. The summed E-state index contributed by atoms with van der Waals surface area (Å²) in [5.74, 6) is 0.0385. The van der Waals surface area contributed by atoms with Crippen LogP contribution in [-0.4, -0.2) is 12.5 Å². The molecule has 0 fully saturated rings. The van der Waals surface area contributed by atoms with Crippen molar-refractivity contribution in [2.24, 2.45) is 0 Å². The molecule has 0 bridgehead atoms. The summed E-state index contributed by atoms with van der Waals surface area (Å²) >= 11 is 2.22. The first-order valence-corrected chi connectivity index (χ1v) is 6.28. The molecule has 1 aromatic carbocycles. The summed E-state index contributed by atoms with van der Waals surface area (Å²) < 4.78 is 1.05. The van der Waals surface area contributed by atoms with Crippen molar-refractivity contribution < 1.29 is 4.79 Å². The van der Waals surface area contributed by atoms with E-state index in [0.29, 0.717) is 0 Å². The van der Waals surface area contributed by atoms with Crippen molar-refractivity contribution in [2.75, 3.05) is 6.54 Å². The maximum absolute atomic E-state index is 11.8. The Hall–Kier alpha value is -0.580. The van der Waals surface area contributed by atoms with Crippen LogP contribution in [0.3, 0.4) is 0 Å². The second-order valence-corrected chi connectivity index (χ2v) is 4.62. The van der Waals surface area contributed by atoms with Gasteiger partial charge in [0, 0.05) is 10.1 Å². The number of hydrogen-bond donors (Lipinski definition) is 1. The van der Waals surface area contributed by atoms with E-state index < -0.39 is 0 Å². The largest absolute Gasteiger partial charge is 0.352 e. The number of rotatable bonds is 4. The molecule has 0 unspecified atom stereocenters. The zero-order chi connectivity index (χ0) is 11.3. The van der Waals surface area contributed by atoms with Crippen LogP contribution in [0, 0.1) is 10.5 Å². The SMILES string of the molecule is CCCCNC(=O)c1cccc(C)c1I. The molecule has 2 nitrogen and oxygen atoms in total. The van der Waals surface area contributed by atoms with Crippen LogP contribution in [0.2, 0.25) is 0 Å². The zero-order valence-corrected chi connectivity index (χ0v) is 11.3. The molecule has 1 amide bonds. The number of hydrogen-bond acceptors (Lipinski definition) is 1. The summed E-state index contributed by atoms with van der Waals surface area (Å²) in [6.07, 6.45) is 2.14.